The normalized spacial score (nSPS) is 13.2. The SMILES string of the molecule is COc1cc2c(cc1OC)N(Cc1ccccc1)C(=O)C2. The fourth-order valence-corrected chi connectivity index (χ4v) is 2.64. The summed E-state index contributed by atoms with van der Waals surface area (Å²) in [6, 6.07) is 13.7. The van der Waals surface area contributed by atoms with E-state index in [1.165, 1.54) is 0 Å². The van der Waals surface area contributed by atoms with Crippen LogP contribution in [0.25, 0.3) is 0 Å². The van der Waals surface area contributed by atoms with Crippen LogP contribution in [0.3, 0.4) is 0 Å². The number of hydrogen-bond acceptors (Lipinski definition) is 3. The van der Waals surface area contributed by atoms with Crippen molar-refractivity contribution in [3.05, 3.63) is 53.6 Å². The second-order valence-corrected chi connectivity index (χ2v) is 4.98. The summed E-state index contributed by atoms with van der Waals surface area (Å²) in [7, 11) is 3.20. The number of hydrogen-bond donors (Lipinski definition) is 0. The average Bonchev–Trinajstić information content (AvgIpc) is 2.82. The molecular weight excluding hydrogens is 266 g/mol. The predicted octanol–water partition coefficient (Wildman–Crippen LogP) is 2.79. The molecule has 0 radical (unpaired) electrons. The molecule has 0 fully saturated rings. The highest BCUT2D eigenvalue weighted by Gasteiger charge is 2.29. The second-order valence-electron chi connectivity index (χ2n) is 4.98. The number of fused-ring (bicyclic) bond motifs is 1. The minimum atomic E-state index is 0.101. The van der Waals surface area contributed by atoms with Gasteiger partial charge in [0.05, 0.1) is 32.9 Å². The molecule has 108 valence electrons. The zero-order valence-electron chi connectivity index (χ0n) is 12.1. The van der Waals surface area contributed by atoms with E-state index < -0.39 is 0 Å². The van der Waals surface area contributed by atoms with Crippen LogP contribution in [0.4, 0.5) is 5.69 Å². The molecule has 0 N–H and O–H groups in total. The number of anilines is 1. The van der Waals surface area contributed by atoms with Gasteiger partial charge in [0, 0.05) is 6.07 Å². The summed E-state index contributed by atoms with van der Waals surface area (Å²) < 4.78 is 10.6. The summed E-state index contributed by atoms with van der Waals surface area (Å²) in [5.41, 5.74) is 2.99. The largest absolute Gasteiger partial charge is 0.493 e. The molecule has 0 unspecified atom stereocenters. The van der Waals surface area contributed by atoms with Gasteiger partial charge in [-0.2, -0.15) is 0 Å². The van der Waals surface area contributed by atoms with E-state index in [0.717, 1.165) is 16.8 Å². The van der Waals surface area contributed by atoms with Crippen molar-refractivity contribution < 1.29 is 14.3 Å². The minimum absolute atomic E-state index is 0.101. The van der Waals surface area contributed by atoms with Crippen molar-refractivity contribution in [2.75, 3.05) is 19.1 Å². The van der Waals surface area contributed by atoms with Crippen LogP contribution in [-0.2, 0) is 17.8 Å². The molecule has 0 spiro atoms. The monoisotopic (exact) mass is 283 g/mol. The summed E-state index contributed by atoms with van der Waals surface area (Å²) in [6.07, 6.45) is 0.405. The molecule has 1 aliphatic heterocycles. The number of carbonyl (C=O) groups excluding carboxylic acids is 1. The van der Waals surface area contributed by atoms with E-state index in [-0.39, 0.29) is 5.91 Å². The van der Waals surface area contributed by atoms with Crippen LogP contribution in [0, 0.1) is 0 Å². The maximum Gasteiger partial charge on any atom is 0.231 e. The Morgan fingerprint density at radius 1 is 1.05 bits per heavy atom. The van der Waals surface area contributed by atoms with Crippen molar-refractivity contribution in [2.24, 2.45) is 0 Å². The molecule has 0 atom stereocenters. The van der Waals surface area contributed by atoms with Crippen LogP contribution in [-0.4, -0.2) is 20.1 Å². The maximum absolute atomic E-state index is 12.3. The topological polar surface area (TPSA) is 38.8 Å². The van der Waals surface area contributed by atoms with Gasteiger partial charge in [0.1, 0.15) is 0 Å². The Hall–Kier alpha value is -2.49. The zero-order valence-corrected chi connectivity index (χ0v) is 12.1. The summed E-state index contributed by atoms with van der Waals surface area (Å²) >= 11 is 0. The highest BCUT2D eigenvalue weighted by molar-refractivity contribution is 6.01. The molecule has 0 aliphatic carbocycles. The van der Waals surface area contributed by atoms with Gasteiger partial charge in [-0.1, -0.05) is 30.3 Å². The lowest BCUT2D eigenvalue weighted by Gasteiger charge is -2.19. The number of carbonyl (C=O) groups is 1. The molecule has 3 rings (SSSR count). The minimum Gasteiger partial charge on any atom is -0.493 e. The third-order valence-electron chi connectivity index (χ3n) is 3.70. The third-order valence-corrected chi connectivity index (χ3v) is 3.70. The van der Waals surface area contributed by atoms with Crippen LogP contribution in [0.5, 0.6) is 11.5 Å². The fraction of sp³-hybridized carbons (Fsp3) is 0.235. The van der Waals surface area contributed by atoms with E-state index >= 15 is 0 Å². The maximum atomic E-state index is 12.3. The number of nitrogens with zero attached hydrogens (tertiary/aromatic N) is 1. The lowest BCUT2D eigenvalue weighted by Crippen LogP contribution is -2.25. The Kier molecular flexibility index (Phi) is 3.52. The van der Waals surface area contributed by atoms with Gasteiger partial charge in [-0.25, -0.2) is 0 Å². The first-order valence-electron chi connectivity index (χ1n) is 6.82. The Bertz CT molecular complexity index is 667. The highest BCUT2D eigenvalue weighted by Crippen LogP contribution is 2.39. The van der Waals surface area contributed by atoms with Crippen molar-refractivity contribution in [3.8, 4) is 11.5 Å². The molecule has 2 aromatic carbocycles. The number of amides is 1. The molecule has 4 heteroatoms. The van der Waals surface area contributed by atoms with Crippen molar-refractivity contribution in [1.82, 2.24) is 0 Å². The summed E-state index contributed by atoms with van der Waals surface area (Å²) in [4.78, 5) is 14.1. The molecule has 1 aliphatic rings. The van der Waals surface area contributed by atoms with Gasteiger partial charge in [0.15, 0.2) is 11.5 Å². The summed E-state index contributed by atoms with van der Waals surface area (Å²) in [6.45, 7) is 0.572. The van der Waals surface area contributed by atoms with Crippen LogP contribution in [0.15, 0.2) is 42.5 Å². The van der Waals surface area contributed by atoms with Gasteiger partial charge in [-0.15, -0.1) is 0 Å². The first-order valence-corrected chi connectivity index (χ1v) is 6.82. The van der Waals surface area contributed by atoms with Crippen LogP contribution in [0.1, 0.15) is 11.1 Å². The Balaban J connectivity index is 1.97. The molecule has 0 aromatic heterocycles. The first kappa shape index (κ1) is 13.5. The molecule has 1 heterocycles. The number of methoxy groups -OCH3 is 2. The van der Waals surface area contributed by atoms with Crippen LogP contribution >= 0.6 is 0 Å². The lowest BCUT2D eigenvalue weighted by molar-refractivity contribution is -0.117. The zero-order chi connectivity index (χ0) is 14.8. The van der Waals surface area contributed by atoms with Crippen molar-refractivity contribution >= 4 is 11.6 Å². The van der Waals surface area contributed by atoms with E-state index in [1.54, 1.807) is 19.1 Å². The van der Waals surface area contributed by atoms with E-state index in [2.05, 4.69) is 0 Å². The molecular formula is C17H17NO3. The molecule has 0 bridgehead atoms. The fourth-order valence-electron chi connectivity index (χ4n) is 2.64. The Morgan fingerprint density at radius 3 is 2.38 bits per heavy atom. The third kappa shape index (κ3) is 2.44. The number of benzene rings is 2. The Labute approximate surface area is 123 Å². The van der Waals surface area contributed by atoms with Gasteiger partial charge >= 0.3 is 0 Å². The van der Waals surface area contributed by atoms with E-state index in [4.69, 9.17) is 9.47 Å². The predicted molar refractivity (Wildman–Crippen MR) is 80.9 cm³/mol. The molecule has 1 amide bonds. The van der Waals surface area contributed by atoms with Gasteiger partial charge in [0.2, 0.25) is 5.91 Å². The molecule has 4 nitrogen and oxygen atoms in total. The summed E-state index contributed by atoms with van der Waals surface area (Å²) in [5.74, 6) is 1.40. The molecule has 0 saturated heterocycles. The van der Waals surface area contributed by atoms with Crippen LogP contribution < -0.4 is 14.4 Å². The quantitative estimate of drug-likeness (QED) is 0.866. The van der Waals surface area contributed by atoms with E-state index in [1.807, 2.05) is 42.5 Å². The van der Waals surface area contributed by atoms with E-state index in [9.17, 15) is 4.79 Å². The molecule has 0 saturated carbocycles. The molecule has 21 heavy (non-hydrogen) atoms. The van der Waals surface area contributed by atoms with E-state index in [0.29, 0.717) is 24.5 Å². The average molecular weight is 283 g/mol. The first-order chi connectivity index (χ1) is 10.2. The molecule has 2 aromatic rings. The number of ether oxygens (including phenoxy) is 2. The van der Waals surface area contributed by atoms with Crippen LogP contribution in [0.2, 0.25) is 0 Å². The number of rotatable bonds is 4. The van der Waals surface area contributed by atoms with Crippen molar-refractivity contribution in [2.45, 2.75) is 13.0 Å². The summed E-state index contributed by atoms with van der Waals surface area (Å²) in [5, 5.41) is 0. The Morgan fingerprint density at radius 2 is 1.71 bits per heavy atom. The lowest BCUT2D eigenvalue weighted by atomic mass is 10.1. The van der Waals surface area contributed by atoms with Gasteiger partial charge in [-0.05, 0) is 17.2 Å². The second kappa shape index (κ2) is 5.48. The smallest absolute Gasteiger partial charge is 0.231 e. The van der Waals surface area contributed by atoms with Crippen molar-refractivity contribution in [3.63, 3.8) is 0 Å². The standard InChI is InChI=1S/C17H17NO3/c1-20-15-8-13-9-17(19)18(14(13)10-16(15)21-2)11-12-6-4-3-5-7-12/h3-8,10H,9,11H2,1-2H3. The van der Waals surface area contributed by atoms with Gasteiger partial charge in [0.25, 0.3) is 0 Å². The van der Waals surface area contributed by atoms with Gasteiger partial charge < -0.3 is 14.4 Å². The van der Waals surface area contributed by atoms with Crippen molar-refractivity contribution in [1.29, 1.82) is 0 Å². The van der Waals surface area contributed by atoms with Gasteiger partial charge in [-0.3, -0.25) is 4.79 Å². The highest BCUT2D eigenvalue weighted by atomic mass is 16.5.